The van der Waals surface area contributed by atoms with Crippen LogP contribution in [0.5, 0.6) is 0 Å². The van der Waals surface area contributed by atoms with Gasteiger partial charge in [-0.05, 0) is 18.1 Å². The molecule has 1 aliphatic rings. The van der Waals surface area contributed by atoms with Gasteiger partial charge in [0.2, 0.25) is 5.82 Å². The molecule has 0 bridgehead atoms. The van der Waals surface area contributed by atoms with E-state index in [0.717, 1.165) is 11.3 Å². The van der Waals surface area contributed by atoms with E-state index in [1.165, 1.54) is 12.1 Å². The van der Waals surface area contributed by atoms with Gasteiger partial charge in [-0.3, -0.25) is 4.68 Å². The minimum atomic E-state index is -0.368. The van der Waals surface area contributed by atoms with Crippen molar-refractivity contribution < 1.29 is 13.7 Å². The van der Waals surface area contributed by atoms with Crippen molar-refractivity contribution in [3.05, 3.63) is 41.3 Å². The molecule has 3 heterocycles. The maximum atomic E-state index is 13.5. The summed E-state index contributed by atoms with van der Waals surface area (Å²) in [5.41, 5.74) is 3.02. The second-order valence-electron chi connectivity index (χ2n) is 7.58. The summed E-state index contributed by atoms with van der Waals surface area (Å²) in [5.74, 6) is 0.562. The van der Waals surface area contributed by atoms with Crippen molar-refractivity contribution in [1.29, 1.82) is 0 Å². The number of urea groups is 1. The molecule has 1 aromatic carbocycles. The van der Waals surface area contributed by atoms with Gasteiger partial charge in [-0.25, -0.2) is 9.18 Å². The van der Waals surface area contributed by atoms with Crippen LogP contribution in [-0.2, 0) is 20.0 Å². The minimum absolute atomic E-state index is 0.0925. The average Bonchev–Trinajstić information content (AvgIpc) is 3.31. The van der Waals surface area contributed by atoms with Crippen LogP contribution >= 0.6 is 0 Å². The zero-order valence-electron chi connectivity index (χ0n) is 16.6. The van der Waals surface area contributed by atoms with Crippen LogP contribution in [0.25, 0.3) is 23.0 Å². The van der Waals surface area contributed by atoms with Crippen molar-refractivity contribution in [2.75, 3.05) is 13.1 Å². The third-order valence-corrected chi connectivity index (χ3v) is 4.90. The highest BCUT2D eigenvalue weighted by Gasteiger charge is 2.29. The maximum absolute atomic E-state index is 13.5. The molecule has 8 nitrogen and oxygen atoms in total. The van der Waals surface area contributed by atoms with E-state index >= 15 is 0 Å². The predicted octanol–water partition coefficient (Wildman–Crippen LogP) is 3.00. The first-order valence-corrected chi connectivity index (χ1v) is 9.60. The molecule has 0 atom stereocenters. The first kappa shape index (κ1) is 19.1. The summed E-state index contributed by atoms with van der Waals surface area (Å²) in [6.07, 6.45) is 0.693. The predicted molar refractivity (Wildman–Crippen MR) is 104 cm³/mol. The van der Waals surface area contributed by atoms with Crippen molar-refractivity contribution in [3.63, 3.8) is 0 Å². The smallest absolute Gasteiger partial charge is 0.317 e. The van der Waals surface area contributed by atoms with E-state index in [1.807, 2.05) is 7.05 Å². The fraction of sp³-hybridized carbons (Fsp3) is 0.400. The van der Waals surface area contributed by atoms with E-state index in [2.05, 4.69) is 34.4 Å². The van der Waals surface area contributed by atoms with E-state index in [1.54, 1.807) is 21.7 Å². The second kappa shape index (κ2) is 7.65. The van der Waals surface area contributed by atoms with E-state index in [0.29, 0.717) is 49.1 Å². The Balaban J connectivity index is 1.60. The average molecular weight is 398 g/mol. The lowest BCUT2D eigenvalue weighted by Crippen LogP contribution is -2.44. The van der Waals surface area contributed by atoms with Gasteiger partial charge < -0.3 is 14.7 Å². The van der Waals surface area contributed by atoms with Crippen molar-refractivity contribution >= 4 is 6.03 Å². The number of fused-ring (bicyclic) bond motifs is 1. The topological polar surface area (TPSA) is 89.1 Å². The van der Waals surface area contributed by atoms with Gasteiger partial charge in [0, 0.05) is 43.4 Å². The molecule has 0 unspecified atom stereocenters. The Kier molecular flexibility index (Phi) is 5.04. The molecule has 2 amide bonds. The zero-order chi connectivity index (χ0) is 20.5. The second-order valence-corrected chi connectivity index (χ2v) is 7.58. The highest BCUT2D eigenvalue weighted by Crippen LogP contribution is 2.30. The number of benzene rings is 1. The van der Waals surface area contributed by atoms with Crippen molar-refractivity contribution in [2.24, 2.45) is 13.0 Å². The van der Waals surface area contributed by atoms with Crippen molar-refractivity contribution in [1.82, 2.24) is 30.1 Å². The van der Waals surface area contributed by atoms with Crippen LogP contribution in [0, 0.1) is 11.7 Å². The molecule has 0 spiro atoms. The summed E-state index contributed by atoms with van der Waals surface area (Å²) in [6, 6.07) is 5.93. The third kappa shape index (κ3) is 3.85. The van der Waals surface area contributed by atoms with Crippen LogP contribution in [0.1, 0.15) is 25.1 Å². The number of nitrogens with one attached hydrogen (secondary N) is 1. The van der Waals surface area contributed by atoms with Gasteiger partial charge >= 0.3 is 6.03 Å². The Labute approximate surface area is 167 Å². The fourth-order valence-electron chi connectivity index (χ4n) is 3.41. The van der Waals surface area contributed by atoms with E-state index < -0.39 is 0 Å². The highest BCUT2D eigenvalue weighted by atomic mass is 19.1. The largest absolute Gasteiger partial charge is 0.338 e. The lowest BCUT2D eigenvalue weighted by Gasteiger charge is -2.28. The number of carbonyl (C=O) groups excluding carboxylic acids is 1. The Bertz CT molecular complexity index is 1040. The number of nitrogens with zero attached hydrogens (tertiary/aromatic N) is 5. The highest BCUT2D eigenvalue weighted by molar-refractivity contribution is 5.75. The van der Waals surface area contributed by atoms with Crippen LogP contribution in [0.3, 0.4) is 0 Å². The Hall–Kier alpha value is -3.23. The van der Waals surface area contributed by atoms with Crippen LogP contribution in [-0.4, -0.2) is 43.9 Å². The Morgan fingerprint density at radius 1 is 1.38 bits per heavy atom. The number of hydrogen-bond donors (Lipinski definition) is 1. The third-order valence-electron chi connectivity index (χ3n) is 4.90. The van der Waals surface area contributed by atoms with Gasteiger partial charge in [-0.2, -0.15) is 10.1 Å². The molecule has 0 aliphatic carbocycles. The van der Waals surface area contributed by atoms with Crippen LogP contribution in [0.2, 0.25) is 0 Å². The SMILES string of the molecule is CC(C)CNC(=O)N1CCc2c(c(-c3nc(-c4cccc(F)c4)no3)nn2C)C1. The number of amides is 2. The van der Waals surface area contributed by atoms with E-state index in [9.17, 15) is 9.18 Å². The van der Waals surface area contributed by atoms with Crippen LogP contribution in [0.15, 0.2) is 28.8 Å². The maximum Gasteiger partial charge on any atom is 0.317 e. The summed E-state index contributed by atoms with van der Waals surface area (Å²) in [6.45, 7) is 5.77. The lowest BCUT2D eigenvalue weighted by atomic mass is 10.1. The molecular weight excluding hydrogens is 375 g/mol. The lowest BCUT2D eigenvalue weighted by molar-refractivity contribution is 0.190. The summed E-state index contributed by atoms with van der Waals surface area (Å²) in [5, 5.41) is 11.5. The zero-order valence-corrected chi connectivity index (χ0v) is 16.6. The number of aryl methyl sites for hydroxylation is 1. The molecule has 0 radical (unpaired) electrons. The fourth-order valence-corrected chi connectivity index (χ4v) is 3.41. The molecule has 29 heavy (non-hydrogen) atoms. The summed E-state index contributed by atoms with van der Waals surface area (Å²) in [7, 11) is 1.86. The van der Waals surface area contributed by atoms with Crippen LogP contribution in [0.4, 0.5) is 9.18 Å². The summed E-state index contributed by atoms with van der Waals surface area (Å²) < 4.78 is 20.7. The number of carbonyl (C=O) groups is 1. The molecule has 3 aromatic rings. The van der Waals surface area contributed by atoms with Gasteiger partial charge in [0.1, 0.15) is 5.82 Å². The van der Waals surface area contributed by atoms with Gasteiger partial charge in [-0.15, -0.1) is 0 Å². The first-order valence-electron chi connectivity index (χ1n) is 9.60. The molecule has 0 fully saturated rings. The number of aromatic nitrogens is 4. The monoisotopic (exact) mass is 398 g/mol. The molecule has 0 saturated heterocycles. The summed E-state index contributed by atoms with van der Waals surface area (Å²) in [4.78, 5) is 18.7. The molecular formula is C20H23FN6O2. The minimum Gasteiger partial charge on any atom is -0.338 e. The molecule has 9 heteroatoms. The molecule has 152 valence electrons. The number of hydrogen-bond acceptors (Lipinski definition) is 5. The molecule has 1 N–H and O–H groups in total. The van der Waals surface area contributed by atoms with Gasteiger partial charge in [-0.1, -0.05) is 31.1 Å². The standard InChI is InChI=1S/C20H23FN6O2/c1-12(2)10-22-20(28)27-8-7-16-15(11-27)17(24-26(16)3)19-23-18(25-29-19)13-5-4-6-14(21)9-13/h4-6,9,12H,7-8,10-11H2,1-3H3,(H,22,28). The van der Waals surface area contributed by atoms with E-state index in [4.69, 9.17) is 4.52 Å². The van der Waals surface area contributed by atoms with Gasteiger partial charge in [0.25, 0.3) is 5.89 Å². The number of rotatable bonds is 4. The van der Waals surface area contributed by atoms with Gasteiger partial charge in [0.15, 0.2) is 5.69 Å². The van der Waals surface area contributed by atoms with Crippen molar-refractivity contribution in [2.45, 2.75) is 26.8 Å². The Morgan fingerprint density at radius 2 is 2.21 bits per heavy atom. The Morgan fingerprint density at radius 3 is 2.97 bits per heavy atom. The first-order chi connectivity index (χ1) is 13.9. The summed E-state index contributed by atoms with van der Waals surface area (Å²) >= 11 is 0. The normalized spacial score (nSPS) is 13.6. The van der Waals surface area contributed by atoms with E-state index in [-0.39, 0.29) is 17.7 Å². The molecule has 2 aromatic heterocycles. The molecule has 0 saturated carbocycles. The molecule has 4 rings (SSSR count). The van der Waals surface area contributed by atoms with Gasteiger partial charge in [0.05, 0.1) is 6.54 Å². The molecule has 1 aliphatic heterocycles. The van der Waals surface area contributed by atoms with Crippen LogP contribution < -0.4 is 5.32 Å². The van der Waals surface area contributed by atoms with Crippen molar-refractivity contribution in [3.8, 4) is 23.0 Å². The number of halogens is 1. The quantitative estimate of drug-likeness (QED) is 0.730.